The summed E-state index contributed by atoms with van der Waals surface area (Å²) in [5, 5.41) is 6.02. The van der Waals surface area contributed by atoms with E-state index >= 15 is 0 Å². The topological polar surface area (TPSA) is 78.8 Å². The summed E-state index contributed by atoms with van der Waals surface area (Å²) >= 11 is 0. The van der Waals surface area contributed by atoms with Crippen molar-refractivity contribution in [2.24, 2.45) is 5.10 Å². The van der Waals surface area contributed by atoms with Crippen LogP contribution in [0.2, 0.25) is 0 Å². The lowest BCUT2D eigenvalue weighted by Crippen LogP contribution is -2.24. The molecule has 1 aliphatic heterocycles. The molecular formula is C20H23N3O3S. The second-order valence-corrected chi connectivity index (χ2v) is 8.64. The molecule has 1 heterocycles. The molecule has 0 bridgehead atoms. The minimum absolute atomic E-state index is 0.00574. The maximum atomic E-state index is 12.1. The van der Waals surface area contributed by atoms with E-state index in [1.54, 1.807) is 25.1 Å². The number of hydrazone groups is 1. The molecule has 0 unspecified atom stereocenters. The number of nitrogens with one attached hydrogen (secondary N) is 1. The van der Waals surface area contributed by atoms with Gasteiger partial charge in [-0.2, -0.15) is 5.10 Å². The van der Waals surface area contributed by atoms with Crippen molar-refractivity contribution in [3.8, 4) is 0 Å². The molecule has 2 aromatic carbocycles. The van der Waals surface area contributed by atoms with Crippen LogP contribution in [-0.2, 0) is 14.8 Å². The van der Waals surface area contributed by atoms with Crippen LogP contribution in [0.25, 0.3) is 0 Å². The van der Waals surface area contributed by atoms with Crippen molar-refractivity contribution in [1.82, 2.24) is 5.01 Å². The average Bonchev–Trinajstić information content (AvgIpc) is 3.08. The maximum absolute atomic E-state index is 12.1. The largest absolute Gasteiger partial charge is 0.284 e. The predicted molar refractivity (Wildman–Crippen MR) is 107 cm³/mol. The molecule has 0 saturated carbocycles. The number of hydrogen-bond acceptors (Lipinski definition) is 4. The predicted octanol–water partition coefficient (Wildman–Crippen LogP) is 3.45. The number of amides is 1. The molecule has 2 aromatic rings. The number of hydrogen-bond donors (Lipinski definition) is 1. The number of benzene rings is 2. The molecule has 142 valence electrons. The Morgan fingerprint density at radius 2 is 1.93 bits per heavy atom. The summed E-state index contributed by atoms with van der Waals surface area (Å²) in [7, 11) is -3.35. The van der Waals surface area contributed by atoms with Crippen LogP contribution < -0.4 is 4.72 Å². The summed E-state index contributed by atoms with van der Waals surface area (Å²) in [5.74, 6) is -0.121. The Morgan fingerprint density at radius 1 is 1.22 bits per heavy atom. The van der Waals surface area contributed by atoms with Crippen molar-refractivity contribution < 1.29 is 13.2 Å². The van der Waals surface area contributed by atoms with Crippen LogP contribution in [0.15, 0.2) is 53.6 Å². The normalized spacial score (nSPS) is 16.9. The zero-order chi connectivity index (χ0) is 19.6. The molecule has 1 aliphatic rings. The fourth-order valence-corrected chi connectivity index (χ4v) is 3.67. The number of carbonyl (C=O) groups is 1. The first-order chi connectivity index (χ1) is 12.8. The maximum Gasteiger partial charge on any atom is 0.240 e. The van der Waals surface area contributed by atoms with E-state index in [9.17, 15) is 13.2 Å². The molecule has 6 nitrogen and oxygen atoms in total. The van der Waals surface area contributed by atoms with Crippen LogP contribution in [0.5, 0.6) is 0 Å². The minimum Gasteiger partial charge on any atom is -0.284 e. The number of sulfonamides is 1. The quantitative estimate of drug-likeness (QED) is 0.856. The lowest BCUT2D eigenvalue weighted by molar-refractivity contribution is -0.130. The van der Waals surface area contributed by atoms with Gasteiger partial charge in [-0.15, -0.1) is 0 Å². The zero-order valence-electron chi connectivity index (χ0n) is 15.6. The number of anilines is 1. The first kappa shape index (κ1) is 19.1. The van der Waals surface area contributed by atoms with Gasteiger partial charge in [-0.05, 0) is 37.1 Å². The van der Waals surface area contributed by atoms with Gasteiger partial charge in [-0.1, -0.05) is 42.0 Å². The van der Waals surface area contributed by atoms with Crippen molar-refractivity contribution in [1.29, 1.82) is 0 Å². The highest BCUT2D eigenvalue weighted by Crippen LogP contribution is 2.33. The molecule has 0 aliphatic carbocycles. The number of rotatable bonds is 5. The van der Waals surface area contributed by atoms with E-state index in [-0.39, 0.29) is 17.7 Å². The van der Waals surface area contributed by atoms with E-state index in [0.29, 0.717) is 12.1 Å². The number of nitrogens with zero attached hydrogens (tertiary/aromatic N) is 2. The van der Waals surface area contributed by atoms with Gasteiger partial charge in [0.1, 0.15) is 0 Å². The molecule has 1 amide bonds. The molecule has 0 radical (unpaired) electrons. The lowest BCUT2D eigenvalue weighted by atomic mass is 9.97. The molecule has 1 atom stereocenters. The first-order valence-electron chi connectivity index (χ1n) is 8.84. The first-order valence-corrected chi connectivity index (χ1v) is 10.5. The highest BCUT2D eigenvalue weighted by molar-refractivity contribution is 7.92. The van der Waals surface area contributed by atoms with Gasteiger partial charge in [0.25, 0.3) is 0 Å². The van der Waals surface area contributed by atoms with Crippen molar-refractivity contribution in [3.05, 3.63) is 65.2 Å². The monoisotopic (exact) mass is 385 g/mol. The SMILES string of the molecule is CCS(=O)(=O)Nc1cccc(C2=NN(C(C)=O)[C@@H](c3ccc(C)cc3)C2)c1. The van der Waals surface area contributed by atoms with Gasteiger partial charge < -0.3 is 0 Å². The average molecular weight is 385 g/mol. The van der Waals surface area contributed by atoms with Gasteiger partial charge in [0.15, 0.2) is 0 Å². The summed E-state index contributed by atoms with van der Waals surface area (Å²) in [6.45, 7) is 5.11. The Hall–Kier alpha value is -2.67. The Bertz CT molecular complexity index is 982. The van der Waals surface area contributed by atoms with E-state index in [1.807, 2.05) is 37.3 Å². The molecule has 0 fully saturated rings. The van der Waals surface area contributed by atoms with Crippen molar-refractivity contribution in [2.75, 3.05) is 10.5 Å². The fraction of sp³-hybridized carbons (Fsp3) is 0.300. The second kappa shape index (κ2) is 7.52. The smallest absolute Gasteiger partial charge is 0.240 e. The highest BCUT2D eigenvalue weighted by atomic mass is 32.2. The molecule has 0 aromatic heterocycles. The Balaban J connectivity index is 1.90. The van der Waals surface area contributed by atoms with Crippen LogP contribution in [0.3, 0.4) is 0 Å². The van der Waals surface area contributed by atoms with Gasteiger partial charge >= 0.3 is 0 Å². The van der Waals surface area contributed by atoms with E-state index in [0.717, 1.165) is 22.4 Å². The number of carbonyl (C=O) groups excluding carboxylic acids is 1. The van der Waals surface area contributed by atoms with Gasteiger partial charge in [0.05, 0.1) is 17.5 Å². The van der Waals surface area contributed by atoms with Gasteiger partial charge in [0.2, 0.25) is 15.9 Å². The second-order valence-electron chi connectivity index (χ2n) is 6.63. The summed E-state index contributed by atoms with van der Waals surface area (Å²) in [6, 6.07) is 15.0. The van der Waals surface area contributed by atoms with Crippen molar-refractivity contribution in [3.63, 3.8) is 0 Å². The summed E-state index contributed by atoms with van der Waals surface area (Å²) in [4.78, 5) is 12.1. The third-order valence-corrected chi connectivity index (χ3v) is 5.85. The molecule has 0 saturated heterocycles. The van der Waals surface area contributed by atoms with Crippen LogP contribution >= 0.6 is 0 Å². The summed E-state index contributed by atoms with van der Waals surface area (Å²) < 4.78 is 26.2. The fourth-order valence-electron chi connectivity index (χ4n) is 3.04. The van der Waals surface area contributed by atoms with Crippen molar-refractivity contribution in [2.45, 2.75) is 33.2 Å². The van der Waals surface area contributed by atoms with Gasteiger partial charge in [-0.25, -0.2) is 13.4 Å². The zero-order valence-corrected chi connectivity index (χ0v) is 16.5. The third-order valence-electron chi connectivity index (χ3n) is 4.54. The Morgan fingerprint density at radius 3 is 2.56 bits per heavy atom. The highest BCUT2D eigenvalue weighted by Gasteiger charge is 2.31. The summed E-state index contributed by atoms with van der Waals surface area (Å²) in [5.41, 5.74) is 4.23. The standard InChI is InChI=1S/C20H23N3O3S/c1-4-27(25,26)22-18-7-5-6-17(12-18)19-13-20(23(21-19)15(3)24)16-10-8-14(2)9-11-16/h5-12,20,22H,4,13H2,1-3H3/t20-/m1/s1. The number of aryl methyl sites for hydroxylation is 1. The Kier molecular flexibility index (Phi) is 5.32. The van der Waals surface area contributed by atoms with Crippen molar-refractivity contribution >= 4 is 27.3 Å². The van der Waals surface area contributed by atoms with Crippen LogP contribution in [0.4, 0.5) is 5.69 Å². The Labute approximate surface area is 159 Å². The van der Waals surface area contributed by atoms with Gasteiger partial charge in [0, 0.05) is 19.0 Å². The van der Waals surface area contributed by atoms with Crippen LogP contribution in [0.1, 0.15) is 43.0 Å². The molecular weight excluding hydrogens is 362 g/mol. The van der Waals surface area contributed by atoms with Gasteiger partial charge in [-0.3, -0.25) is 9.52 Å². The molecule has 0 spiro atoms. The van der Waals surface area contributed by atoms with E-state index < -0.39 is 10.0 Å². The van der Waals surface area contributed by atoms with E-state index in [2.05, 4.69) is 9.82 Å². The van der Waals surface area contributed by atoms with E-state index in [1.165, 1.54) is 11.9 Å². The minimum atomic E-state index is -3.35. The summed E-state index contributed by atoms with van der Waals surface area (Å²) in [6.07, 6.45) is 0.576. The molecule has 3 rings (SSSR count). The molecule has 1 N–H and O–H groups in total. The molecule has 27 heavy (non-hydrogen) atoms. The third kappa shape index (κ3) is 4.36. The van der Waals surface area contributed by atoms with Crippen LogP contribution in [0, 0.1) is 6.92 Å². The lowest BCUT2D eigenvalue weighted by Gasteiger charge is -2.20. The van der Waals surface area contributed by atoms with Crippen LogP contribution in [-0.4, -0.2) is 30.8 Å². The molecule has 7 heteroatoms. The van der Waals surface area contributed by atoms with E-state index in [4.69, 9.17) is 0 Å².